The van der Waals surface area contributed by atoms with Crippen molar-refractivity contribution < 1.29 is 9.21 Å². The zero-order valence-electron chi connectivity index (χ0n) is 17.6. The minimum Gasteiger partial charge on any atom is -0.467 e. The van der Waals surface area contributed by atoms with E-state index in [1.807, 2.05) is 24.3 Å². The van der Waals surface area contributed by atoms with E-state index in [0.717, 1.165) is 4.24 Å². The first-order valence-electron chi connectivity index (χ1n) is 9.88. The van der Waals surface area contributed by atoms with Crippen molar-refractivity contribution in [2.75, 3.05) is 0 Å². The largest absolute Gasteiger partial charge is 0.467 e. The maximum absolute atomic E-state index is 12.8. The number of hydrogen-bond donors (Lipinski definition) is 1. The summed E-state index contributed by atoms with van der Waals surface area (Å²) in [6.45, 7) is 4.39. The Labute approximate surface area is 191 Å². The van der Waals surface area contributed by atoms with Crippen molar-refractivity contribution in [3.8, 4) is 6.07 Å². The Morgan fingerprint density at radius 2 is 1.52 bits per heavy atom. The van der Waals surface area contributed by atoms with Crippen LogP contribution in [0.1, 0.15) is 28.0 Å². The summed E-state index contributed by atoms with van der Waals surface area (Å²) in [5.41, 5.74) is 4.91. The van der Waals surface area contributed by atoms with Crippen LogP contribution in [0.5, 0.6) is 0 Å². The molecule has 1 amide bonds. The summed E-state index contributed by atoms with van der Waals surface area (Å²) in [5.74, 6) is 1.65. The molecule has 0 aliphatic carbocycles. The van der Waals surface area contributed by atoms with Crippen molar-refractivity contribution in [2.45, 2.75) is 31.9 Å². The lowest BCUT2D eigenvalue weighted by atomic mass is 10.1. The molecule has 1 heterocycles. The minimum atomic E-state index is -0.386. The van der Waals surface area contributed by atoms with Crippen LogP contribution in [0.3, 0.4) is 0 Å². The molecule has 0 saturated carbocycles. The number of amides is 1. The van der Waals surface area contributed by atoms with Gasteiger partial charge >= 0.3 is 0 Å². The van der Waals surface area contributed by atoms with Gasteiger partial charge in [0.2, 0.25) is 0 Å². The van der Waals surface area contributed by atoms with Crippen molar-refractivity contribution in [3.05, 3.63) is 105 Å². The van der Waals surface area contributed by atoms with Gasteiger partial charge in [0.1, 0.15) is 17.4 Å². The fraction of sp³-hybridized carbons (Fsp3) is 0.200. The molecule has 1 N–H and O–H groups in total. The molecule has 0 aliphatic heterocycles. The molecule has 3 aromatic rings. The molecular formula is C25H24N2O2S2. The molecule has 0 saturated heterocycles. The lowest BCUT2D eigenvalue weighted by Crippen LogP contribution is -2.24. The molecule has 1 aromatic heterocycles. The van der Waals surface area contributed by atoms with Crippen molar-refractivity contribution in [2.24, 2.45) is 0 Å². The third-order valence-corrected chi connectivity index (χ3v) is 7.34. The van der Waals surface area contributed by atoms with Crippen LogP contribution in [-0.4, -0.2) is 5.91 Å². The maximum atomic E-state index is 12.8. The molecule has 0 fully saturated rings. The van der Waals surface area contributed by atoms with Crippen LogP contribution in [0.2, 0.25) is 0 Å². The van der Waals surface area contributed by atoms with Crippen LogP contribution in [0.25, 0.3) is 0 Å². The molecular weight excluding hydrogens is 424 g/mol. The smallest absolute Gasteiger partial charge is 0.264 e. The van der Waals surface area contributed by atoms with E-state index in [9.17, 15) is 10.1 Å². The Hall–Kier alpha value is -2.88. The molecule has 0 spiro atoms. The highest BCUT2D eigenvalue weighted by molar-refractivity contribution is 8.21. The first-order chi connectivity index (χ1) is 15.1. The number of benzene rings is 2. The number of rotatable bonds is 9. The van der Waals surface area contributed by atoms with E-state index in [0.29, 0.717) is 17.3 Å². The summed E-state index contributed by atoms with van der Waals surface area (Å²) in [6, 6.07) is 22.0. The topological polar surface area (TPSA) is 66.0 Å². The van der Waals surface area contributed by atoms with Crippen molar-refractivity contribution in [3.63, 3.8) is 0 Å². The summed E-state index contributed by atoms with van der Waals surface area (Å²) >= 11 is 3.07. The average molecular weight is 449 g/mol. The fourth-order valence-corrected chi connectivity index (χ4v) is 5.35. The zero-order valence-corrected chi connectivity index (χ0v) is 19.2. The summed E-state index contributed by atoms with van der Waals surface area (Å²) in [7, 11) is 0. The van der Waals surface area contributed by atoms with Gasteiger partial charge in [-0.1, -0.05) is 48.5 Å². The van der Waals surface area contributed by atoms with Crippen LogP contribution in [0.15, 0.2) is 81.2 Å². The summed E-state index contributed by atoms with van der Waals surface area (Å²) < 4.78 is 6.00. The van der Waals surface area contributed by atoms with Gasteiger partial charge in [-0.25, -0.2) is 0 Å². The highest BCUT2D eigenvalue weighted by atomic mass is 32.2. The number of nitrogens with one attached hydrogen (secondary N) is 1. The van der Waals surface area contributed by atoms with Gasteiger partial charge < -0.3 is 9.73 Å². The number of nitriles is 1. The number of nitrogens with zero attached hydrogens (tertiary/aromatic N) is 1. The molecule has 3 rings (SSSR count). The first-order valence-corrected chi connectivity index (χ1v) is 11.8. The van der Waals surface area contributed by atoms with Gasteiger partial charge in [-0.05, 0) is 48.2 Å². The number of carbonyl (C=O) groups excluding carboxylic acids is 1. The third-order valence-electron chi connectivity index (χ3n) is 4.79. The summed E-state index contributed by atoms with van der Waals surface area (Å²) in [4.78, 5) is 12.8. The van der Waals surface area contributed by atoms with Gasteiger partial charge in [-0.2, -0.15) is 5.26 Å². The van der Waals surface area contributed by atoms with Gasteiger partial charge in [0.05, 0.1) is 17.0 Å². The summed E-state index contributed by atoms with van der Waals surface area (Å²) in [5, 5.41) is 12.6. The minimum absolute atomic E-state index is 0.142. The SMILES string of the molecule is Cc1ccccc1CSC(SCc1ccccc1C)=C(C#N)C(=O)NCc1ccco1. The van der Waals surface area contributed by atoms with E-state index >= 15 is 0 Å². The number of aryl methyl sites for hydroxylation is 2. The van der Waals surface area contributed by atoms with Gasteiger partial charge in [-0.15, -0.1) is 23.5 Å². The standard InChI is InChI=1S/C25H24N2O2S2/c1-18-8-3-5-10-20(18)16-30-25(31-17-21-11-6-4-9-19(21)2)23(14-26)24(28)27-15-22-12-7-13-29-22/h3-13H,15-17H2,1-2H3,(H,27,28). The van der Waals surface area contributed by atoms with Gasteiger partial charge in [0.15, 0.2) is 0 Å². The Bertz CT molecular complexity index is 1050. The fourth-order valence-electron chi connectivity index (χ4n) is 2.87. The van der Waals surface area contributed by atoms with Crippen LogP contribution in [0, 0.1) is 25.2 Å². The second kappa shape index (κ2) is 11.5. The first kappa shape index (κ1) is 22.8. The zero-order chi connectivity index (χ0) is 22.1. The van der Waals surface area contributed by atoms with E-state index in [1.165, 1.54) is 45.8 Å². The van der Waals surface area contributed by atoms with E-state index in [-0.39, 0.29) is 18.0 Å². The van der Waals surface area contributed by atoms with Crippen LogP contribution in [0.4, 0.5) is 0 Å². The van der Waals surface area contributed by atoms with Crippen molar-refractivity contribution in [1.29, 1.82) is 5.26 Å². The van der Waals surface area contributed by atoms with E-state index in [1.54, 1.807) is 18.4 Å². The lowest BCUT2D eigenvalue weighted by molar-refractivity contribution is -0.117. The molecule has 0 bridgehead atoms. The lowest BCUT2D eigenvalue weighted by Gasteiger charge is -2.12. The molecule has 6 heteroatoms. The van der Waals surface area contributed by atoms with Crippen molar-refractivity contribution >= 4 is 29.4 Å². The van der Waals surface area contributed by atoms with Gasteiger partial charge in [0, 0.05) is 11.5 Å². The Kier molecular flexibility index (Phi) is 8.45. The monoisotopic (exact) mass is 448 g/mol. The molecule has 0 aliphatic rings. The Morgan fingerprint density at radius 1 is 0.935 bits per heavy atom. The normalized spacial score (nSPS) is 10.4. The van der Waals surface area contributed by atoms with Gasteiger partial charge in [-0.3, -0.25) is 4.79 Å². The van der Waals surface area contributed by atoms with Crippen molar-refractivity contribution in [1.82, 2.24) is 5.32 Å². The molecule has 0 radical (unpaired) electrons. The van der Waals surface area contributed by atoms with Crippen LogP contribution in [-0.2, 0) is 22.8 Å². The molecule has 31 heavy (non-hydrogen) atoms. The predicted octanol–water partition coefficient (Wildman–Crippen LogP) is 6.11. The molecule has 0 atom stereocenters. The molecule has 0 unspecified atom stereocenters. The number of carbonyl (C=O) groups is 1. The third kappa shape index (κ3) is 6.55. The maximum Gasteiger partial charge on any atom is 0.264 e. The highest BCUT2D eigenvalue weighted by Gasteiger charge is 2.18. The predicted molar refractivity (Wildman–Crippen MR) is 128 cm³/mol. The van der Waals surface area contributed by atoms with Crippen LogP contribution < -0.4 is 5.32 Å². The summed E-state index contributed by atoms with van der Waals surface area (Å²) in [6.07, 6.45) is 1.56. The Balaban J connectivity index is 1.80. The number of thioether (sulfide) groups is 2. The van der Waals surface area contributed by atoms with E-state index in [4.69, 9.17) is 4.42 Å². The van der Waals surface area contributed by atoms with Gasteiger partial charge in [0.25, 0.3) is 5.91 Å². The average Bonchev–Trinajstić information content (AvgIpc) is 3.30. The number of furan rings is 1. The quantitative estimate of drug-likeness (QED) is 0.316. The second-order valence-corrected chi connectivity index (χ2v) is 9.20. The molecule has 4 nitrogen and oxygen atoms in total. The van der Waals surface area contributed by atoms with E-state index in [2.05, 4.69) is 49.5 Å². The second-order valence-electron chi connectivity index (χ2n) is 6.97. The molecule has 2 aromatic carbocycles. The van der Waals surface area contributed by atoms with Crippen LogP contribution >= 0.6 is 23.5 Å². The Morgan fingerprint density at radius 3 is 2.00 bits per heavy atom. The molecule has 158 valence electrons. The van der Waals surface area contributed by atoms with E-state index < -0.39 is 0 Å². The highest BCUT2D eigenvalue weighted by Crippen LogP contribution is 2.37. The number of hydrogen-bond acceptors (Lipinski definition) is 5.